The summed E-state index contributed by atoms with van der Waals surface area (Å²) in [6, 6.07) is 1.25. The summed E-state index contributed by atoms with van der Waals surface area (Å²) < 4.78 is 0. The normalized spacial score (nSPS) is 25.2. The second kappa shape index (κ2) is 28.8. The number of carbonyl (C=O) groups excluding carboxylic acids is 8. The molecular weight excluding hydrogens is 829 g/mol. The molecule has 1 aliphatic heterocycles. The highest BCUT2D eigenvalue weighted by atomic mass is 16.2. The van der Waals surface area contributed by atoms with Crippen LogP contribution in [0.1, 0.15) is 146 Å². The highest BCUT2D eigenvalue weighted by molar-refractivity contribution is 5.99. The first-order valence-electron chi connectivity index (χ1n) is 24.2. The predicted octanol–water partition coefficient (Wildman–Crippen LogP) is 3.95. The Morgan fingerprint density at radius 2 is 0.892 bits per heavy atom. The van der Waals surface area contributed by atoms with Crippen LogP contribution >= 0.6 is 0 Å². The van der Waals surface area contributed by atoms with Crippen LogP contribution in [-0.2, 0) is 44.8 Å². The molecule has 2 rings (SSSR count). The van der Waals surface area contributed by atoms with E-state index in [1.165, 1.54) is 0 Å². The van der Waals surface area contributed by atoms with Crippen molar-refractivity contribution in [1.29, 1.82) is 0 Å². The van der Waals surface area contributed by atoms with Gasteiger partial charge in [-0.2, -0.15) is 0 Å². The van der Waals surface area contributed by atoms with Crippen LogP contribution in [0.25, 0.3) is 0 Å². The summed E-state index contributed by atoms with van der Waals surface area (Å²) >= 11 is 0. The van der Waals surface area contributed by atoms with E-state index in [1.807, 2.05) is 99.6 Å². The van der Waals surface area contributed by atoms with Gasteiger partial charge in [-0.15, -0.1) is 0 Å². The number of nitrogens with one attached hydrogen (secondary N) is 8. The van der Waals surface area contributed by atoms with E-state index in [9.17, 15) is 38.4 Å². The Labute approximate surface area is 388 Å². The molecule has 16 heteroatoms. The molecule has 11 atom stereocenters. The van der Waals surface area contributed by atoms with Gasteiger partial charge in [-0.3, -0.25) is 38.4 Å². The molecule has 8 N–H and O–H groups in total. The number of rotatable bonds is 19. The van der Waals surface area contributed by atoms with Crippen LogP contribution in [0.4, 0.5) is 0 Å². The van der Waals surface area contributed by atoms with E-state index in [4.69, 9.17) is 0 Å². The van der Waals surface area contributed by atoms with E-state index in [1.54, 1.807) is 6.92 Å². The minimum Gasteiger partial charge on any atom is -0.356 e. The molecule has 1 fully saturated rings. The van der Waals surface area contributed by atoms with Crippen molar-refractivity contribution in [3.63, 3.8) is 0 Å². The van der Waals surface area contributed by atoms with Gasteiger partial charge in [0.15, 0.2) is 0 Å². The van der Waals surface area contributed by atoms with E-state index < -0.39 is 95.5 Å². The lowest BCUT2D eigenvalue weighted by Gasteiger charge is -2.32. The van der Waals surface area contributed by atoms with Gasteiger partial charge >= 0.3 is 0 Å². The highest BCUT2D eigenvalue weighted by Gasteiger charge is 2.39. The maximum atomic E-state index is 14.4. The van der Waals surface area contributed by atoms with E-state index in [0.717, 1.165) is 5.56 Å². The second-order valence-corrected chi connectivity index (χ2v) is 18.6. The van der Waals surface area contributed by atoms with Gasteiger partial charge in [0.05, 0.1) is 0 Å². The van der Waals surface area contributed by atoms with Crippen molar-refractivity contribution < 1.29 is 38.4 Å². The zero-order valence-corrected chi connectivity index (χ0v) is 41.1. The number of hydrogen-bond donors (Lipinski definition) is 8. The summed E-state index contributed by atoms with van der Waals surface area (Å²) in [6.45, 7) is 20.8. The number of benzene rings is 1. The SMILES string of the molecule is CCCC(=O)NCCCC[C@@H]1NC(=O)[C@@H]([C@H](C)CC)NC(=O)[C@H]([C@@H](C)CC)NC(=O)[C@H]([C@@H](C)CC)NC(=O)[C@@H](CC(C)C)NC(=O)[C@H](Cc2ccccc2)NC(=O)[C@H]([C@@H](C)CC)NC1=O. The fraction of sp³-hybridized carbons (Fsp3) is 0.714. The summed E-state index contributed by atoms with van der Waals surface area (Å²) in [6.07, 6.45) is 4.42. The summed E-state index contributed by atoms with van der Waals surface area (Å²) in [5.74, 6) is -6.02. The lowest BCUT2D eigenvalue weighted by Crippen LogP contribution is -2.62. The van der Waals surface area contributed by atoms with Crippen LogP contribution in [0.3, 0.4) is 0 Å². The highest BCUT2D eigenvalue weighted by Crippen LogP contribution is 2.18. The zero-order chi connectivity index (χ0) is 48.8. The molecule has 0 spiro atoms. The first-order valence-corrected chi connectivity index (χ1v) is 24.2. The average Bonchev–Trinajstić information content (AvgIpc) is 3.28. The molecule has 0 aliphatic carbocycles. The van der Waals surface area contributed by atoms with Crippen molar-refractivity contribution in [2.45, 2.75) is 189 Å². The Hall–Kier alpha value is -5.02. The van der Waals surface area contributed by atoms with Gasteiger partial charge in [0.25, 0.3) is 0 Å². The fourth-order valence-electron chi connectivity index (χ4n) is 7.64. The van der Waals surface area contributed by atoms with Crippen molar-refractivity contribution in [1.82, 2.24) is 42.5 Å². The van der Waals surface area contributed by atoms with Gasteiger partial charge in [-0.25, -0.2) is 0 Å². The maximum absolute atomic E-state index is 14.4. The maximum Gasteiger partial charge on any atom is 0.243 e. The molecule has 16 nitrogen and oxygen atoms in total. The zero-order valence-electron chi connectivity index (χ0n) is 41.1. The Kier molecular flexibility index (Phi) is 24.9. The van der Waals surface area contributed by atoms with E-state index in [0.29, 0.717) is 57.9 Å². The third kappa shape index (κ3) is 18.4. The Bertz CT molecular complexity index is 1710. The lowest BCUT2D eigenvalue weighted by atomic mass is 9.93. The third-order valence-electron chi connectivity index (χ3n) is 12.8. The van der Waals surface area contributed by atoms with Crippen LogP contribution < -0.4 is 42.5 Å². The smallest absolute Gasteiger partial charge is 0.243 e. The lowest BCUT2D eigenvalue weighted by molar-refractivity contribution is -0.137. The number of carbonyl (C=O) groups is 8. The Balaban J connectivity index is 2.81. The minimum absolute atomic E-state index is 0.0652. The second-order valence-electron chi connectivity index (χ2n) is 18.6. The molecule has 1 aromatic rings. The van der Waals surface area contributed by atoms with Crippen LogP contribution in [0.2, 0.25) is 0 Å². The molecule has 1 aliphatic rings. The molecule has 0 radical (unpaired) electrons. The largest absolute Gasteiger partial charge is 0.356 e. The molecule has 8 amide bonds. The van der Waals surface area contributed by atoms with Crippen LogP contribution in [0.5, 0.6) is 0 Å². The monoisotopic (exact) mass is 911 g/mol. The topological polar surface area (TPSA) is 233 Å². The van der Waals surface area contributed by atoms with Gasteiger partial charge in [0.2, 0.25) is 47.3 Å². The standard InChI is InChI=1S/C49H82N8O8/c1-12-22-38(58)50-26-21-20-25-35-43(59)54-39(30(8)13-2)47(63)53-37(28-34-23-18-17-19-24-34)44(60)52-36(27-29(6)7)45(61)55-41(32(10)15-4)48(64)57-42(33(11)16-5)49(65)56-40(31(9)14-3)46(62)51-35/h17-19,23-24,29-33,35-37,39-42H,12-16,20-22,25-28H2,1-11H3,(H,50,58)(H,51,62)(H,52,60)(H,53,63)(H,54,59)(H,55,61)(H,56,65)(H,57,64)/t30-,31+,32-,33-,35-,36+,37-,39-,40+,41-,42-/m0/s1. The molecule has 0 bridgehead atoms. The Morgan fingerprint density at radius 1 is 0.508 bits per heavy atom. The van der Waals surface area contributed by atoms with Crippen LogP contribution in [0, 0.1) is 29.6 Å². The van der Waals surface area contributed by atoms with Crippen molar-refractivity contribution in [2.24, 2.45) is 29.6 Å². The van der Waals surface area contributed by atoms with Crippen molar-refractivity contribution >= 4 is 47.3 Å². The Morgan fingerprint density at radius 3 is 1.32 bits per heavy atom. The number of hydrogen-bond acceptors (Lipinski definition) is 8. The van der Waals surface area contributed by atoms with Crippen molar-refractivity contribution in [3.05, 3.63) is 35.9 Å². The van der Waals surface area contributed by atoms with Gasteiger partial charge in [-0.05, 0) is 67.3 Å². The number of unbranched alkanes of at least 4 members (excludes halogenated alkanes) is 1. The van der Waals surface area contributed by atoms with Crippen molar-refractivity contribution in [2.75, 3.05) is 6.54 Å². The molecular formula is C49H82N8O8. The molecule has 0 saturated carbocycles. The third-order valence-corrected chi connectivity index (χ3v) is 12.8. The molecule has 1 saturated heterocycles. The predicted molar refractivity (Wildman–Crippen MR) is 253 cm³/mol. The van der Waals surface area contributed by atoms with E-state index >= 15 is 0 Å². The van der Waals surface area contributed by atoms with E-state index in [2.05, 4.69) is 42.5 Å². The van der Waals surface area contributed by atoms with Gasteiger partial charge in [0, 0.05) is 19.4 Å². The first-order chi connectivity index (χ1) is 30.8. The summed E-state index contributed by atoms with van der Waals surface area (Å²) in [4.78, 5) is 113. The first kappa shape index (κ1) is 56.1. The molecule has 366 valence electrons. The van der Waals surface area contributed by atoms with Gasteiger partial charge in [0.1, 0.15) is 42.3 Å². The average molecular weight is 911 g/mol. The molecule has 0 unspecified atom stereocenters. The van der Waals surface area contributed by atoms with Crippen LogP contribution in [-0.4, -0.2) is 96.1 Å². The van der Waals surface area contributed by atoms with Gasteiger partial charge in [-0.1, -0.05) is 132 Å². The summed E-state index contributed by atoms with van der Waals surface area (Å²) in [5, 5.41) is 23.1. The molecule has 1 heterocycles. The quantitative estimate of drug-likeness (QED) is 0.0946. The minimum atomic E-state index is -1.18. The van der Waals surface area contributed by atoms with Crippen LogP contribution in [0.15, 0.2) is 30.3 Å². The van der Waals surface area contributed by atoms with Crippen molar-refractivity contribution in [3.8, 4) is 0 Å². The van der Waals surface area contributed by atoms with Gasteiger partial charge < -0.3 is 42.5 Å². The fourth-order valence-corrected chi connectivity index (χ4v) is 7.64. The van der Waals surface area contributed by atoms with E-state index in [-0.39, 0.29) is 42.9 Å². The number of amides is 8. The molecule has 65 heavy (non-hydrogen) atoms. The molecule has 0 aromatic heterocycles. The summed E-state index contributed by atoms with van der Waals surface area (Å²) in [5.41, 5.74) is 0.740. The molecule has 1 aromatic carbocycles. The summed E-state index contributed by atoms with van der Waals surface area (Å²) in [7, 11) is 0.